The molecule has 29 heavy (non-hydrogen) atoms. The highest BCUT2D eigenvalue weighted by Gasteiger charge is 2.52. The zero-order chi connectivity index (χ0) is 20.8. The lowest BCUT2D eigenvalue weighted by Gasteiger charge is -2.32. The van der Waals surface area contributed by atoms with Crippen LogP contribution in [0.25, 0.3) is 5.52 Å². The fraction of sp³-hybridized carbons (Fsp3) is 0.400. The van der Waals surface area contributed by atoms with Crippen molar-refractivity contribution in [2.45, 2.75) is 45.0 Å². The van der Waals surface area contributed by atoms with Gasteiger partial charge in [-0.25, -0.2) is 8.91 Å². The van der Waals surface area contributed by atoms with Crippen LogP contribution >= 0.6 is 0 Å². The number of hydrogen-bond acceptors (Lipinski definition) is 6. The van der Waals surface area contributed by atoms with Crippen molar-refractivity contribution in [2.75, 3.05) is 6.61 Å². The van der Waals surface area contributed by atoms with Crippen molar-refractivity contribution in [1.82, 2.24) is 14.6 Å². The number of hydrogen-bond donors (Lipinski definition) is 1. The van der Waals surface area contributed by atoms with E-state index >= 15 is 0 Å². The minimum absolute atomic E-state index is 0.0493. The molecule has 0 bridgehead atoms. The average Bonchev–Trinajstić information content (AvgIpc) is 3.21. The molecule has 0 aromatic carbocycles. The van der Waals surface area contributed by atoms with Crippen molar-refractivity contribution in [3.8, 4) is 5.75 Å². The summed E-state index contributed by atoms with van der Waals surface area (Å²) in [6.07, 6.45) is 3.56. The number of pyridine rings is 2. The van der Waals surface area contributed by atoms with E-state index in [0.29, 0.717) is 11.4 Å². The Hall–Kier alpha value is -2.49. The van der Waals surface area contributed by atoms with Crippen LogP contribution in [0.2, 0.25) is 0 Å². The molecule has 1 fully saturated rings. The smallest absolute Gasteiger partial charge is 0.488 e. The summed E-state index contributed by atoms with van der Waals surface area (Å²) < 4.78 is 32.8. The first-order valence-electron chi connectivity index (χ1n) is 9.41. The normalized spacial score (nSPS) is 18.9. The third-order valence-corrected chi connectivity index (χ3v) is 5.51. The number of nitrogens with zero attached hydrogens (tertiary/aromatic N) is 3. The standard InChI is InChI=1S/C20H23BFN3O4/c1-19(2)20(3,4)29-21(28-19)13-9-18(16-7-8-24-25(16)11-13)27-12-17(26)15-6-5-14(22)10-23-15/h5-11,17,26H,12H2,1-4H3. The van der Waals surface area contributed by atoms with Crippen LogP contribution in [0.5, 0.6) is 5.75 Å². The van der Waals surface area contributed by atoms with Gasteiger partial charge in [0, 0.05) is 11.7 Å². The Morgan fingerprint density at radius 3 is 2.59 bits per heavy atom. The lowest BCUT2D eigenvalue weighted by molar-refractivity contribution is 0.00578. The molecule has 1 aliphatic heterocycles. The van der Waals surface area contributed by atoms with Crippen LogP contribution in [0, 0.1) is 5.82 Å². The second kappa shape index (κ2) is 7.09. The SMILES string of the molecule is CC1(C)OB(c2cc(OCC(O)c3ccc(F)cn3)c3ccnn3c2)OC1(C)C. The Morgan fingerprint density at radius 1 is 1.21 bits per heavy atom. The van der Waals surface area contributed by atoms with Crippen molar-refractivity contribution in [3.63, 3.8) is 0 Å². The maximum atomic E-state index is 13.0. The van der Waals surface area contributed by atoms with Crippen LogP contribution in [0.3, 0.4) is 0 Å². The second-order valence-electron chi connectivity index (χ2n) is 8.12. The van der Waals surface area contributed by atoms with E-state index in [0.717, 1.165) is 17.2 Å². The highest BCUT2D eigenvalue weighted by atomic mass is 19.1. The molecule has 152 valence electrons. The van der Waals surface area contributed by atoms with E-state index in [9.17, 15) is 9.50 Å². The number of aliphatic hydroxyl groups is 1. The quantitative estimate of drug-likeness (QED) is 0.664. The van der Waals surface area contributed by atoms with Gasteiger partial charge in [-0.05, 0) is 52.0 Å². The van der Waals surface area contributed by atoms with Gasteiger partial charge >= 0.3 is 7.12 Å². The van der Waals surface area contributed by atoms with Crippen molar-refractivity contribution in [2.24, 2.45) is 0 Å². The Balaban J connectivity index is 1.58. The Kier molecular flexibility index (Phi) is 4.84. The summed E-state index contributed by atoms with van der Waals surface area (Å²) in [5, 5.41) is 14.6. The fourth-order valence-electron chi connectivity index (χ4n) is 3.08. The summed E-state index contributed by atoms with van der Waals surface area (Å²) >= 11 is 0. The molecule has 4 rings (SSSR count). The molecule has 3 aromatic rings. The lowest BCUT2D eigenvalue weighted by atomic mass is 9.80. The summed E-state index contributed by atoms with van der Waals surface area (Å²) in [5.41, 5.74) is 0.886. The largest absolute Gasteiger partial charge is 0.496 e. The monoisotopic (exact) mass is 399 g/mol. The Labute approximate surface area is 168 Å². The minimum Gasteiger partial charge on any atom is -0.488 e. The highest BCUT2D eigenvalue weighted by Crippen LogP contribution is 2.36. The third kappa shape index (κ3) is 3.73. The molecule has 0 spiro atoms. The summed E-state index contributed by atoms with van der Waals surface area (Å²) in [5.74, 6) is 0.0637. The highest BCUT2D eigenvalue weighted by molar-refractivity contribution is 6.62. The first-order chi connectivity index (χ1) is 13.7. The number of halogens is 1. The fourth-order valence-corrected chi connectivity index (χ4v) is 3.08. The van der Waals surface area contributed by atoms with E-state index in [1.807, 2.05) is 46.0 Å². The molecule has 1 unspecified atom stereocenters. The molecule has 3 aromatic heterocycles. The molecular formula is C20H23BFN3O4. The van der Waals surface area contributed by atoms with Gasteiger partial charge in [-0.2, -0.15) is 5.10 Å². The first-order valence-corrected chi connectivity index (χ1v) is 9.41. The van der Waals surface area contributed by atoms with Crippen LogP contribution in [0.1, 0.15) is 39.5 Å². The van der Waals surface area contributed by atoms with Gasteiger partial charge in [0.05, 0.1) is 29.3 Å². The molecular weight excluding hydrogens is 376 g/mol. The van der Waals surface area contributed by atoms with Gasteiger partial charge in [-0.1, -0.05) is 0 Å². The van der Waals surface area contributed by atoms with Gasteiger partial charge in [-0.3, -0.25) is 4.98 Å². The summed E-state index contributed by atoms with van der Waals surface area (Å²) in [4.78, 5) is 3.89. The van der Waals surface area contributed by atoms with Crippen LogP contribution < -0.4 is 10.2 Å². The molecule has 7 nitrogen and oxygen atoms in total. The van der Waals surface area contributed by atoms with E-state index in [1.165, 1.54) is 12.1 Å². The van der Waals surface area contributed by atoms with Gasteiger partial charge < -0.3 is 19.2 Å². The topological polar surface area (TPSA) is 78.1 Å². The molecule has 1 saturated heterocycles. The summed E-state index contributed by atoms with van der Waals surface area (Å²) in [6.45, 7) is 7.91. The van der Waals surface area contributed by atoms with E-state index in [2.05, 4.69) is 10.1 Å². The lowest BCUT2D eigenvalue weighted by Crippen LogP contribution is -2.41. The van der Waals surface area contributed by atoms with Gasteiger partial charge in [-0.15, -0.1) is 0 Å². The zero-order valence-corrected chi connectivity index (χ0v) is 16.8. The van der Waals surface area contributed by atoms with Crippen molar-refractivity contribution in [3.05, 3.63) is 54.4 Å². The second-order valence-corrected chi connectivity index (χ2v) is 8.12. The molecule has 1 aliphatic rings. The van der Waals surface area contributed by atoms with Gasteiger partial charge in [0.2, 0.25) is 0 Å². The van der Waals surface area contributed by atoms with Crippen LogP contribution in [0.15, 0.2) is 42.9 Å². The van der Waals surface area contributed by atoms with Crippen LogP contribution in [-0.2, 0) is 9.31 Å². The Bertz CT molecular complexity index is 1010. The number of aromatic nitrogens is 3. The van der Waals surface area contributed by atoms with E-state index < -0.39 is 30.2 Å². The van der Waals surface area contributed by atoms with Crippen molar-refractivity contribution < 1.29 is 23.5 Å². The zero-order valence-electron chi connectivity index (χ0n) is 16.8. The van der Waals surface area contributed by atoms with E-state index in [4.69, 9.17) is 14.0 Å². The maximum absolute atomic E-state index is 13.0. The number of ether oxygens (including phenoxy) is 1. The van der Waals surface area contributed by atoms with E-state index in [-0.39, 0.29) is 6.61 Å². The van der Waals surface area contributed by atoms with Gasteiger partial charge in [0.1, 0.15) is 29.8 Å². The molecule has 0 amide bonds. The average molecular weight is 399 g/mol. The van der Waals surface area contributed by atoms with Crippen molar-refractivity contribution >= 4 is 18.1 Å². The van der Waals surface area contributed by atoms with E-state index in [1.54, 1.807) is 10.7 Å². The number of rotatable bonds is 5. The molecule has 1 N–H and O–H groups in total. The molecule has 0 aliphatic carbocycles. The molecule has 9 heteroatoms. The molecule has 0 saturated carbocycles. The van der Waals surface area contributed by atoms with Crippen LogP contribution in [0.4, 0.5) is 4.39 Å². The van der Waals surface area contributed by atoms with Gasteiger partial charge in [0.15, 0.2) is 0 Å². The van der Waals surface area contributed by atoms with Crippen LogP contribution in [-0.4, -0.2) is 44.6 Å². The predicted molar refractivity (Wildman–Crippen MR) is 106 cm³/mol. The summed E-state index contributed by atoms with van der Waals surface area (Å²) in [7, 11) is -0.570. The minimum atomic E-state index is -1.00. The number of fused-ring (bicyclic) bond motifs is 1. The third-order valence-electron chi connectivity index (χ3n) is 5.51. The summed E-state index contributed by atoms with van der Waals surface area (Å²) in [6, 6.07) is 6.31. The Morgan fingerprint density at radius 2 is 1.93 bits per heavy atom. The van der Waals surface area contributed by atoms with Gasteiger partial charge in [0.25, 0.3) is 0 Å². The van der Waals surface area contributed by atoms with Crippen molar-refractivity contribution in [1.29, 1.82) is 0 Å². The first kappa shape index (κ1) is 19.8. The number of aliphatic hydroxyl groups excluding tert-OH is 1. The maximum Gasteiger partial charge on any atom is 0.496 e. The predicted octanol–water partition coefficient (Wildman–Crippen LogP) is 2.28. The molecule has 4 heterocycles. The molecule has 1 atom stereocenters. The molecule has 0 radical (unpaired) electrons.